The van der Waals surface area contributed by atoms with Crippen molar-refractivity contribution in [2.45, 2.75) is 32.3 Å². The summed E-state index contributed by atoms with van der Waals surface area (Å²) in [5.41, 5.74) is 1.16. The average Bonchev–Trinajstić information content (AvgIpc) is 2.53. The van der Waals surface area contributed by atoms with Crippen molar-refractivity contribution in [3.63, 3.8) is 0 Å². The van der Waals surface area contributed by atoms with Gasteiger partial charge in [0.15, 0.2) is 11.6 Å². The number of nitrogens with zero attached hydrogens (tertiary/aromatic N) is 1. The van der Waals surface area contributed by atoms with Crippen molar-refractivity contribution in [2.75, 3.05) is 0 Å². The number of phenols is 1. The minimum atomic E-state index is -1.27. The Balaban J connectivity index is 2.05. The predicted octanol–water partition coefficient (Wildman–Crippen LogP) is 4.30. The zero-order valence-corrected chi connectivity index (χ0v) is 12.8. The first-order valence-electron chi connectivity index (χ1n) is 7.47. The molecule has 3 nitrogen and oxygen atoms in total. The third-order valence-electron chi connectivity index (χ3n) is 3.43. The molecule has 0 fully saturated rings. The van der Waals surface area contributed by atoms with Crippen molar-refractivity contribution in [3.05, 3.63) is 53.7 Å². The lowest BCUT2D eigenvalue weighted by Crippen LogP contribution is -1.97. The number of allylic oxidation sites excluding steroid dienone is 1. The van der Waals surface area contributed by atoms with E-state index in [0.717, 1.165) is 30.9 Å². The molecule has 23 heavy (non-hydrogen) atoms. The van der Waals surface area contributed by atoms with Gasteiger partial charge in [-0.25, -0.2) is 4.39 Å². The van der Waals surface area contributed by atoms with Gasteiger partial charge in [-0.05, 0) is 49.9 Å². The van der Waals surface area contributed by atoms with Crippen LogP contribution in [0.3, 0.4) is 0 Å². The zero-order chi connectivity index (χ0) is 16.8. The molecule has 1 aromatic heterocycles. The van der Waals surface area contributed by atoms with Gasteiger partial charge in [0.1, 0.15) is 0 Å². The molecule has 1 atom stereocenters. The molecule has 2 N–H and O–H groups in total. The number of benzene rings is 1. The van der Waals surface area contributed by atoms with Crippen molar-refractivity contribution in [1.29, 1.82) is 0 Å². The van der Waals surface area contributed by atoms with Crippen LogP contribution in [0.4, 0.5) is 8.78 Å². The Kier molecular flexibility index (Phi) is 5.82. The minimum Gasteiger partial charge on any atom is -0.505 e. The van der Waals surface area contributed by atoms with E-state index in [1.54, 1.807) is 25.3 Å². The summed E-state index contributed by atoms with van der Waals surface area (Å²) in [7, 11) is 0. The quantitative estimate of drug-likeness (QED) is 0.781. The average molecular weight is 319 g/mol. The van der Waals surface area contributed by atoms with E-state index in [2.05, 4.69) is 4.98 Å². The Hall–Kier alpha value is -2.27. The number of unbranched alkanes of at least 4 members (excludes halogenated alkanes) is 1. The van der Waals surface area contributed by atoms with Gasteiger partial charge in [0.05, 0.1) is 11.8 Å². The molecule has 0 saturated carbocycles. The first-order chi connectivity index (χ1) is 11.0. The number of hydrogen-bond donors (Lipinski definition) is 2. The van der Waals surface area contributed by atoms with Gasteiger partial charge < -0.3 is 10.2 Å². The van der Waals surface area contributed by atoms with Crippen LogP contribution in [0.2, 0.25) is 0 Å². The predicted molar refractivity (Wildman–Crippen MR) is 85.8 cm³/mol. The van der Waals surface area contributed by atoms with E-state index in [-0.39, 0.29) is 11.7 Å². The van der Waals surface area contributed by atoms with E-state index in [1.807, 2.05) is 12.2 Å². The summed E-state index contributed by atoms with van der Waals surface area (Å²) in [4.78, 5) is 4.13. The topological polar surface area (TPSA) is 53.4 Å². The fourth-order valence-corrected chi connectivity index (χ4v) is 2.15. The van der Waals surface area contributed by atoms with Crippen molar-refractivity contribution < 1.29 is 19.0 Å². The fourth-order valence-electron chi connectivity index (χ4n) is 2.15. The summed E-state index contributed by atoms with van der Waals surface area (Å²) in [6, 6.07) is 5.76. The van der Waals surface area contributed by atoms with E-state index in [0.29, 0.717) is 5.69 Å². The Bertz CT molecular complexity index is 682. The summed E-state index contributed by atoms with van der Waals surface area (Å²) in [6.45, 7) is 1.76. The summed E-state index contributed by atoms with van der Waals surface area (Å²) in [5, 5.41) is 18.3. The minimum absolute atomic E-state index is 0.00719. The van der Waals surface area contributed by atoms with E-state index < -0.39 is 17.4 Å². The Labute approximate surface area is 133 Å². The van der Waals surface area contributed by atoms with Gasteiger partial charge in [0, 0.05) is 11.8 Å². The summed E-state index contributed by atoms with van der Waals surface area (Å²) in [6.07, 6.45) is 7.68. The molecule has 0 aliphatic heterocycles. The van der Waals surface area contributed by atoms with Gasteiger partial charge in [-0.1, -0.05) is 18.2 Å². The van der Waals surface area contributed by atoms with Crippen molar-refractivity contribution in [1.82, 2.24) is 4.98 Å². The maximum absolute atomic E-state index is 13.8. The maximum atomic E-state index is 13.8. The highest BCUT2D eigenvalue weighted by Crippen LogP contribution is 2.28. The molecule has 0 radical (unpaired) electrons. The van der Waals surface area contributed by atoms with E-state index in [4.69, 9.17) is 10.2 Å². The van der Waals surface area contributed by atoms with E-state index >= 15 is 0 Å². The Morgan fingerprint density at radius 1 is 1.17 bits per heavy atom. The van der Waals surface area contributed by atoms with Crippen LogP contribution < -0.4 is 0 Å². The fraction of sp³-hybridized carbons (Fsp3) is 0.278. The van der Waals surface area contributed by atoms with Gasteiger partial charge in [0.2, 0.25) is 5.82 Å². The van der Waals surface area contributed by atoms with Crippen molar-refractivity contribution in [2.24, 2.45) is 0 Å². The van der Waals surface area contributed by atoms with Crippen LogP contribution >= 0.6 is 0 Å². The third-order valence-corrected chi connectivity index (χ3v) is 3.43. The first-order valence-corrected chi connectivity index (χ1v) is 7.47. The van der Waals surface area contributed by atoms with Crippen LogP contribution in [-0.4, -0.2) is 21.3 Å². The lowest BCUT2D eigenvalue weighted by atomic mass is 10.1. The lowest BCUT2D eigenvalue weighted by molar-refractivity contribution is 0.182. The van der Waals surface area contributed by atoms with Gasteiger partial charge >= 0.3 is 0 Å². The lowest BCUT2D eigenvalue weighted by Gasteiger charge is -2.05. The second-order valence-electron chi connectivity index (χ2n) is 5.42. The second kappa shape index (κ2) is 7.83. The number of aromatic nitrogens is 1. The molecule has 0 aliphatic rings. The van der Waals surface area contributed by atoms with Gasteiger partial charge in [-0.15, -0.1) is 0 Å². The molecular weight excluding hydrogens is 300 g/mol. The van der Waals surface area contributed by atoms with Crippen molar-refractivity contribution in [3.8, 4) is 17.0 Å². The highest BCUT2D eigenvalue weighted by Gasteiger charge is 2.14. The van der Waals surface area contributed by atoms with Crippen LogP contribution in [0.25, 0.3) is 17.3 Å². The molecule has 0 spiro atoms. The number of aliphatic hydroxyl groups is 1. The summed E-state index contributed by atoms with van der Waals surface area (Å²) >= 11 is 0. The number of halogens is 2. The molecule has 0 aliphatic carbocycles. The highest BCUT2D eigenvalue weighted by atomic mass is 19.2. The van der Waals surface area contributed by atoms with Gasteiger partial charge in [0.25, 0.3) is 0 Å². The molecule has 5 heteroatoms. The molecule has 2 rings (SSSR count). The van der Waals surface area contributed by atoms with Crippen LogP contribution in [0.1, 0.15) is 31.7 Å². The molecule has 0 bridgehead atoms. The Morgan fingerprint density at radius 2 is 1.96 bits per heavy atom. The normalized spacial score (nSPS) is 12.7. The molecule has 2 aromatic rings. The molecule has 0 amide bonds. The highest BCUT2D eigenvalue weighted by molar-refractivity contribution is 5.63. The van der Waals surface area contributed by atoms with Gasteiger partial charge in [-0.3, -0.25) is 4.98 Å². The molecule has 0 saturated heterocycles. The number of aliphatic hydroxyl groups excluding tert-OH is 1. The largest absolute Gasteiger partial charge is 0.505 e. The number of pyridine rings is 1. The molecular formula is C18H19F2NO2. The van der Waals surface area contributed by atoms with E-state index in [9.17, 15) is 8.78 Å². The zero-order valence-electron chi connectivity index (χ0n) is 12.8. The standard InChI is InChI=1S/C18H19F2NO2/c1-12(22)5-3-2-4-6-13-7-9-15(21-11-13)14-8-10-16(23)18(20)17(14)19/h4,6-12,22-23H,2-3,5H2,1H3. The number of aromatic hydroxyl groups is 1. The SMILES string of the molecule is CC(O)CCCC=Cc1ccc(-c2ccc(O)c(F)c2F)nc1. The van der Waals surface area contributed by atoms with Gasteiger partial charge in [-0.2, -0.15) is 4.39 Å². The summed E-state index contributed by atoms with van der Waals surface area (Å²) in [5.74, 6) is -3.10. The van der Waals surface area contributed by atoms with Crippen molar-refractivity contribution >= 4 is 6.08 Å². The van der Waals surface area contributed by atoms with Crippen LogP contribution in [0, 0.1) is 11.6 Å². The van der Waals surface area contributed by atoms with Crippen LogP contribution in [0.5, 0.6) is 5.75 Å². The first kappa shape index (κ1) is 17.1. The molecule has 1 aromatic carbocycles. The number of rotatable bonds is 6. The number of hydrogen-bond acceptors (Lipinski definition) is 3. The second-order valence-corrected chi connectivity index (χ2v) is 5.42. The number of phenolic OH excluding ortho intramolecular Hbond substituents is 1. The molecule has 1 unspecified atom stereocenters. The molecule has 122 valence electrons. The van der Waals surface area contributed by atoms with Crippen LogP contribution in [-0.2, 0) is 0 Å². The third kappa shape index (κ3) is 4.60. The van der Waals surface area contributed by atoms with E-state index in [1.165, 1.54) is 6.07 Å². The summed E-state index contributed by atoms with van der Waals surface area (Å²) < 4.78 is 27.2. The molecule has 1 heterocycles. The maximum Gasteiger partial charge on any atom is 0.201 e. The van der Waals surface area contributed by atoms with Crippen LogP contribution in [0.15, 0.2) is 36.5 Å². The monoisotopic (exact) mass is 319 g/mol. The smallest absolute Gasteiger partial charge is 0.201 e. The Morgan fingerprint density at radius 3 is 2.61 bits per heavy atom.